The van der Waals surface area contributed by atoms with E-state index < -0.39 is 5.97 Å². The molecule has 0 saturated carbocycles. The number of carboxylic acid groups (broad SMARTS) is 1. The van der Waals surface area contributed by atoms with Crippen molar-refractivity contribution in [2.24, 2.45) is 5.73 Å². The summed E-state index contributed by atoms with van der Waals surface area (Å²) in [6.45, 7) is 0. The lowest BCUT2D eigenvalue weighted by Crippen LogP contribution is -2.23. The van der Waals surface area contributed by atoms with Crippen LogP contribution in [-0.2, 0) is 11.2 Å². The number of nitrogen functional groups attached to an aromatic ring is 1. The van der Waals surface area contributed by atoms with Gasteiger partial charge in [0.15, 0.2) is 5.82 Å². The van der Waals surface area contributed by atoms with Crippen LogP contribution in [0.4, 0.5) is 0 Å². The van der Waals surface area contributed by atoms with E-state index in [0.717, 1.165) is 11.1 Å². The van der Waals surface area contributed by atoms with Crippen LogP contribution < -0.4 is 11.4 Å². The summed E-state index contributed by atoms with van der Waals surface area (Å²) in [7, 11) is 0. The van der Waals surface area contributed by atoms with Gasteiger partial charge in [0.25, 0.3) is 0 Å². The largest absolute Gasteiger partial charge is 0.481 e. The Bertz CT molecular complexity index is 1320. The maximum atomic E-state index is 13.4. The second-order valence-electron chi connectivity index (χ2n) is 7.24. The number of hydrogen-bond acceptors (Lipinski definition) is 4. The molecular weight excluding hydrogens is 406 g/mol. The summed E-state index contributed by atoms with van der Waals surface area (Å²) < 4.78 is 2.83. The number of carbonyl (C=O) groups is 1. The Morgan fingerprint density at radius 1 is 0.938 bits per heavy atom. The Labute approximate surface area is 183 Å². The van der Waals surface area contributed by atoms with E-state index in [2.05, 4.69) is 5.10 Å². The molecule has 4 aromatic rings. The quantitative estimate of drug-likeness (QED) is 0.309. The fraction of sp³-hybridized carbons (Fsp3) is 0.0833. The van der Waals surface area contributed by atoms with Crippen molar-refractivity contribution in [1.82, 2.24) is 14.3 Å². The molecule has 0 spiro atoms. The maximum Gasteiger partial charge on any atom is 0.355 e. The smallest absolute Gasteiger partial charge is 0.355 e. The summed E-state index contributed by atoms with van der Waals surface area (Å²) in [5.74, 6) is -0.430. The minimum atomic E-state index is -0.853. The minimum absolute atomic E-state index is 0.0444. The summed E-state index contributed by atoms with van der Waals surface area (Å²) in [5, 5.41) is 21.0. The number of nitrogens with two attached hydrogens (primary N) is 1. The number of benzene rings is 3. The number of aliphatic carboxylic acids is 1. The molecule has 4 N–H and O–H groups in total. The van der Waals surface area contributed by atoms with Gasteiger partial charge in [-0.2, -0.15) is 4.68 Å². The van der Waals surface area contributed by atoms with Crippen LogP contribution in [0.3, 0.4) is 0 Å². The second-order valence-corrected chi connectivity index (χ2v) is 7.24. The zero-order chi connectivity index (χ0) is 22.7. The fourth-order valence-corrected chi connectivity index (χ4v) is 3.39. The van der Waals surface area contributed by atoms with Gasteiger partial charge < -0.3 is 10.8 Å². The highest BCUT2D eigenvalue weighted by Crippen LogP contribution is 2.21. The van der Waals surface area contributed by atoms with Crippen molar-refractivity contribution in [2.75, 3.05) is 0 Å². The van der Waals surface area contributed by atoms with Crippen molar-refractivity contribution in [3.8, 4) is 22.8 Å². The lowest BCUT2D eigenvalue weighted by molar-refractivity contribution is -0.136. The number of nitrogens with one attached hydrogen (secondary N) is 1. The third-order valence-electron chi connectivity index (χ3n) is 5.06. The first-order valence-electron chi connectivity index (χ1n) is 9.97. The molecular formula is C24H21N5O3. The van der Waals surface area contributed by atoms with Gasteiger partial charge in [0, 0.05) is 17.5 Å². The van der Waals surface area contributed by atoms with Gasteiger partial charge in [-0.3, -0.25) is 10.2 Å². The van der Waals surface area contributed by atoms with Crippen molar-refractivity contribution in [3.05, 3.63) is 100 Å². The molecule has 0 aliphatic rings. The van der Waals surface area contributed by atoms with Crippen LogP contribution in [-0.4, -0.2) is 31.3 Å². The Morgan fingerprint density at radius 3 is 2.16 bits per heavy atom. The standard InChI is InChI=1S/C24H21N5O3/c25-22(26)17-9-13-20(14-10-17)29-24(32)28(23(27-29)18-4-2-1-3-5-18)19-11-6-16(7-12-19)8-15-21(30)31/h1-7,9-14H,8,15H2,(H3,25,26)(H,30,31). The monoisotopic (exact) mass is 427 g/mol. The zero-order valence-corrected chi connectivity index (χ0v) is 17.1. The molecule has 8 nitrogen and oxygen atoms in total. The lowest BCUT2D eigenvalue weighted by atomic mass is 10.1. The summed E-state index contributed by atoms with van der Waals surface area (Å²) in [6.07, 6.45) is 0.459. The highest BCUT2D eigenvalue weighted by Gasteiger charge is 2.18. The number of aryl methyl sites for hydroxylation is 1. The topological polar surface area (TPSA) is 127 Å². The van der Waals surface area contributed by atoms with Gasteiger partial charge in [-0.1, -0.05) is 42.5 Å². The Hall–Kier alpha value is -4.46. The third-order valence-corrected chi connectivity index (χ3v) is 5.06. The molecule has 0 fully saturated rings. The molecule has 0 bridgehead atoms. The van der Waals surface area contributed by atoms with Crippen molar-refractivity contribution in [1.29, 1.82) is 5.41 Å². The predicted octanol–water partition coefficient (Wildman–Crippen LogP) is 2.99. The van der Waals surface area contributed by atoms with Crippen LogP contribution >= 0.6 is 0 Å². The second kappa shape index (κ2) is 8.73. The number of amidine groups is 1. The van der Waals surface area contributed by atoms with Gasteiger partial charge in [-0.15, -0.1) is 5.10 Å². The highest BCUT2D eigenvalue weighted by molar-refractivity contribution is 5.95. The number of nitrogens with zero attached hydrogens (tertiary/aromatic N) is 3. The van der Waals surface area contributed by atoms with Crippen LogP contribution in [0.1, 0.15) is 17.5 Å². The van der Waals surface area contributed by atoms with Crippen molar-refractivity contribution in [3.63, 3.8) is 0 Å². The Balaban J connectivity index is 1.81. The summed E-state index contributed by atoms with van der Waals surface area (Å²) >= 11 is 0. The van der Waals surface area contributed by atoms with Crippen LogP contribution in [0.5, 0.6) is 0 Å². The highest BCUT2D eigenvalue weighted by atomic mass is 16.4. The van der Waals surface area contributed by atoms with E-state index in [1.165, 1.54) is 9.25 Å². The van der Waals surface area contributed by atoms with Crippen molar-refractivity contribution < 1.29 is 9.90 Å². The Morgan fingerprint density at radius 2 is 1.56 bits per heavy atom. The zero-order valence-electron chi connectivity index (χ0n) is 17.1. The maximum absolute atomic E-state index is 13.4. The van der Waals surface area contributed by atoms with E-state index in [4.69, 9.17) is 16.2 Å². The van der Waals surface area contributed by atoms with E-state index in [1.807, 2.05) is 42.5 Å². The average Bonchev–Trinajstić information content (AvgIpc) is 3.15. The molecule has 3 aromatic carbocycles. The minimum Gasteiger partial charge on any atom is -0.481 e. The van der Waals surface area contributed by atoms with E-state index in [0.29, 0.717) is 29.2 Å². The molecule has 8 heteroatoms. The van der Waals surface area contributed by atoms with Gasteiger partial charge in [0.1, 0.15) is 5.84 Å². The lowest BCUT2D eigenvalue weighted by Gasteiger charge is -2.07. The first-order chi connectivity index (χ1) is 15.4. The summed E-state index contributed by atoms with van der Waals surface area (Å²) in [5.41, 5.74) is 8.56. The molecule has 0 saturated heterocycles. The predicted molar refractivity (Wildman–Crippen MR) is 122 cm³/mol. The van der Waals surface area contributed by atoms with Gasteiger partial charge in [0.05, 0.1) is 11.4 Å². The van der Waals surface area contributed by atoms with E-state index in [1.54, 1.807) is 36.4 Å². The van der Waals surface area contributed by atoms with Crippen LogP contribution in [0.25, 0.3) is 22.8 Å². The fourth-order valence-electron chi connectivity index (χ4n) is 3.39. The molecule has 1 heterocycles. The van der Waals surface area contributed by atoms with Crippen molar-refractivity contribution >= 4 is 11.8 Å². The Kier molecular flexibility index (Phi) is 5.67. The first-order valence-corrected chi connectivity index (χ1v) is 9.97. The average molecular weight is 427 g/mol. The number of hydrogen-bond donors (Lipinski definition) is 3. The first kappa shape index (κ1) is 20.8. The molecule has 0 aliphatic carbocycles. The molecule has 0 aliphatic heterocycles. The number of aromatic nitrogens is 3. The molecule has 32 heavy (non-hydrogen) atoms. The van der Waals surface area contributed by atoms with Crippen LogP contribution in [0.15, 0.2) is 83.7 Å². The van der Waals surface area contributed by atoms with Gasteiger partial charge in [-0.05, 0) is 48.4 Å². The molecule has 1 aromatic heterocycles. The molecule has 0 atom stereocenters. The van der Waals surface area contributed by atoms with E-state index in [-0.39, 0.29) is 17.9 Å². The molecule has 0 radical (unpaired) electrons. The van der Waals surface area contributed by atoms with Gasteiger partial charge >= 0.3 is 11.7 Å². The van der Waals surface area contributed by atoms with Crippen molar-refractivity contribution in [2.45, 2.75) is 12.8 Å². The van der Waals surface area contributed by atoms with Crippen LogP contribution in [0, 0.1) is 5.41 Å². The van der Waals surface area contributed by atoms with Crippen LogP contribution in [0.2, 0.25) is 0 Å². The molecule has 4 rings (SSSR count). The molecule has 0 unspecified atom stereocenters. The third kappa shape index (κ3) is 4.20. The SMILES string of the molecule is N=C(N)c1ccc(-n2nc(-c3ccccc3)n(-c3ccc(CCC(=O)O)cc3)c2=O)cc1. The van der Waals surface area contributed by atoms with E-state index >= 15 is 0 Å². The molecule has 0 amide bonds. The number of carboxylic acids is 1. The number of rotatable bonds is 7. The van der Waals surface area contributed by atoms with E-state index in [9.17, 15) is 9.59 Å². The molecule has 160 valence electrons. The normalized spacial score (nSPS) is 10.8. The van der Waals surface area contributed by atoms with Gasteiger partial charge in [-0.25, -0.2) is 9.36 Å². The van der Waals surface area contributed by atoms with Gasteiger partial charge in [0.2, 0.25) is 0 Å². The summed E-state index contributed by atoms with van der Waals surface area (Å²) in [6, 6.07) is 23.3. The summed E-state index contributed by atoms with van der Waals surface area (Å²) in [4.78, 5) is 24.2.